The molecule has 5 aliphatic carbocycles. The van der Waals surface area contributed by atoms with Crippen molar-refractivity contribution in [3.8, 4) is 0 Å². The number of fused-ring (bicyclic) bond motifs is 2. The molecule has 2 heteroatoms. The zero-order valence-corrected chi connectivity index (χ0v) is 19.9. The Kier molecular flexibility index (Phi) is 6.54. The molecule has 0 aromatic heterocycles. The Morgan fingerprint density at radius 2 is 1.87 bits per heavy atom. The predicted octanol–water partition coefficient (Wildman–Crippen LogP) is 7.47. The van der Waals surface area contributed by atoms with Crippen LogP contribution in [0, 0.1) is 29.1 Å². The van der Waals surface area contributed by atoms with Crippen molar-refractivity contribution in [2.24, 2.45) is 29.1 Å². The summed E-state index contributed by atoms with van der Waals surface area (Å²) in [5, 5.41) is 10.9. The van der Waals surface area contributed by atoms with Gasteiger partial charge in [-0.25, -0.2) is 0 Å². The number of rotatable bonds is 7. The lowest BCUT2D eigenvalue weighted by atomic mass is 9.68. The van der Waals surface area contributed by atoms with Crippen molar-refractivity contribution >= 4 is 11.8 Å². The second kappa shape index (κ2) is 9.18. The van der Waals surface area contributed by atoms with Crippen LogP contribution < -0.4 is 0 Å². The lowest BCUT2D eigenvalue weighted by molar-refractivity contribution is 0.104. The first-order chi connectivity index (χ1) is 14.7. The molecule has 30 heavy (non-hydrogen) atoms. The minimum atomic E-state index is -0.0793. The molecule has 5 rings (SSSR count). The van der Waals surface area contributed by atoms with Gasteiger partial charge in [0.15, 0.2) is 0 Å². The van der Waals surface area contributed by atoms with E-state index in [4.69, 9.17) is 0 Å². The van der Waals surface area contributed by atoms with Crippen LogP contribution in [0.15, 0.2) is 34.9 Å². The second-order valence-corrected chi connectivity index (χ2v) is 12.1. The SMILES string of the molecule is CCC1(C2CC2C(O)CSCC2=CC3=CC4=CCCCC4CC3CC2)CCCCC1. The number of hydrogen-bond donors (Lipinski definition) is 1. The molecule has 2 saturated carbocycles. The van der Waals surface area contributed by atoms with Crippen molar-refractivity contribution in [2.75, 3.05) is 11.5 Å². The molecule has 166 valence electrons. The van der Waals surface area contributed by atoms with Crippen LogP contribution >= 0.6 is 11.8 Å². The molecule has 0 aliphatic heterocycles. The number of hydrogen-bond acceptors (Lipinski definition) is 2. The average Bonchev–Trinajstić information content (AvgIpc) is 3.60. The summed E-state index contributed by atoms with van der Waals surface area (Å²) >= 11 is 1.99. The molecule has 5 atom stereocenters. The molecule has 0 aromatic carbocycles. The van der Waals surface area contributed by atoms with Gasteiger partial charge in [0, 0.05) is 11.5 Å². The summed E-state index contributed by atoms with van der Waals surface area (Å²) in [6, 6.07) is 0. The van der Waals surface area contributed by atoms with Gasteiger partial charge in [0.1, 0.15) is 0 Å². The maximum absolute atomic E-state index is 10.9. The third-order valence-corrected chi connectivity index (χ3v) is 10.6. The molecule has 0 spiro atoms. The van der Waals surface area contributed by atoms with Gasteiger partial charge in [-0.3, -0.25) is 0 Å². The number of aliphatic hydroxyl groups is 1. The summed E-state index contributed by atoms with van der Waals surface area (Å²) in [5.74, 6) is 5.15. The van der Waals surface area contributed by atoms with Crippen LogP contribution in [0.3, 0.4) is 0 Å². The largest absolute Gasteiger partial charge is 0.392 e. The molecule has 0 heterocycles. The van der Waals surface area contributed by atoms with Gasteiger partial charge in [-0.15, -0.1) is 0 Å². The minimum Gasteiger partial charge on any atom is -0.392 e. The van der Waals surface area contributed by atoms with E-state index >= 15 is 0 Å². The third-order valence-electron chi connectivity index (χ3n) is 9.42. The van der Waals surface area contributed by atoms with E-state index in [1.54, 1.807) is 16.7 Å². The van der Waals surface area contributed by atoms with Crippen molar-refractivity contribution < 1.29 is 5.11 Å². The van der Waals surface area contributed by atoms with E-state index in [9.17, 15) is 5.11 Å². The van der Waals surface area contributed by atoms with E-state index in [0.717, 1.165) is 29.3 Å². The van der Waals surface area contributed by atoms with Gasteiger partial charge in [-0.1, -0.05) is 56.4 Å². The fourth-order valence-corrected chi connectivity index (χ4v) is 8.53. The van der Waals surface area contributed by atoms with E-state index in [-0.39, 0.29) is 6.10 Å². The van der Waals surface area contributed by atoms with Crippen LogP contribution in [-0.2, 0) is 0 Å². The van der Waals surface area contributed by atoms with Crippen molar-refractivity contribution in [1.82, 2.24) is 0 Å². The summed E-state index contributed by atoms with van der Waals surface area (Å²) in [5.41, 5.74) is 5.45. The van der Waals surface area contributed by atoms with Crippen LogP contribution in [0.4, 0.5) is 0 Å². The third kappa shape index (κ3) is 4.38. The normalized spacial score (nSPS) is 36.0. The van der Waals surface area contributed by atoms with Crippen molar-refractivity contribution in [3.63, 3.8) is 0 Å². The molecular formula is C28H42OS. The highest BCUT2D eigenvalue weighted by molar-refractivity contribution is 7.99. The minimum absolute atomic E-state index is 0.0793. The smallest absolute Gasteiger partial charge is 0.0661 e. The highest BCUT2D eigenvalue weighted by Gasteiger charge is 2.53. The van der Waals surface area contributed by atoms with Crippen LogP contribution in [0.5, 0.6) is 0 Å². The fraction of sp³-hybridized carbons (Fsp3) is 0.786. The summed E-state index contributed by atoms with van der Waals surface area (Å²) in [6.45, 7) is 2.40. The Balaban J connectivity index is 1.12. The molecule has 1 nitrogen and oxygen atoms in total. The molecular weight excluding hydrogens is 384 g/mol. The molecule has 2 fully saturated rings. The molecule has 0 amide bonds. The van der Waals surface area contributed by atoms with E-state index < -0.39 is 0 Å². The molecule has 0 saturated heterocycles. The summed E-state index contributed by atoms with van der Waals surface area (Å²) in [7, 11) is 0. The maximum atomic E-state index is 10.9. The Bertz CT molecular complexity index is 710. The predicted molar refractivity (Wildman–Crippen MR) is 130 cm³/mol. The van der Waals surface area contributed by atoms with Crippen LogP contribution in [0.2, 0.25) is 0 Å². The van der Waals surface area contributed by atoms with Gasteiger partial charge in [-0.05, 0) is 98.0 Å². The topological polar surface area (TPSA) is 20.2 Å². The number of thioether (sulfide) groups is 1. The summed E-state index contributed by atoms with van der Waals surface area (Å²) < 4.78 is 0. The van der Waals surface area contributed by atoms with Gasteiger partial charge in [0.05, 0.1) is 6.10 Å². The molecule has 5 unspecified atom stereocenters. The van der Waals surface area contributed by atoms with E-state index in [1.807, 2.05) is 11.8 Å². The zero-order valence-electron chi connectivity index (χ0n) is 19.1. The van der Waals surface area contributed by atoms with Gasteiger partial charge < -0.3 is 5.11 Å². The number of aliphatic hydroxyl groups excluding tert-OH is 1. The highest BCUT2D eigenvalue weighted by atomic mass is 32.2. The van der Waals surface area contributed by atoms with Crippen molar-refractivity contribution in [2.45, 2.75) is 96.5 Å². The quantitative estimate of drug-likeness (QED) is 0.455. The summed E-state index contributed by atoms with van der Waals surface area (Å²) in [6.07, 6.45) is 25.4. The van der Waals surface area contributed by atoms with Gasteiger partial charge >= 0.3 is 0 Å². The van der Waals surface area contributed by atoms with E-state index in [0.29, 0.717) is 11.3 Å². The van der Waals surface area contributed by atoms with E-state index in [2.05, 4.69) is 25.2 Å². The first kappa shape index (κ1) is 21.4. The number of allylic oxidation sites excluding steroid dienone is 5. The van der Waals surface area contributed by atoms with Crippen molar-refractivity contribution in [3.05, 3.63) is 34.9 Å². The average molecular weight is 427 g/mol. The van der Waals surface area contributed by atoms with Gasteiger partial charge in [0.25, 0.3) is 0 Å². The molecule has 1 N–H and O–H groups in total. The lowest BCUT2D eigenvalue weighted by Crippen LogP contribution is -2.28. The Morgan fingerprint density at radius 1 is 1.03 bits per heavy atom. The maximum Gasteiger partial charge on any atom is 0.0661 e. The molecule has 0 radical (unpaired) electrons. The van der Waals surface area contributed by atoms with Gasteiger partial charge in [0.2, 0.25) is 0 Å². The fourth-order valence-electron chi connectivity index (χ4n) is 7.43. The lowest BCUT2D eigenvalue weighted by Gasteiger charge is -2.38. The van der Waals surface area contributed by atoms with Crippen molar-refractivity contribution in [1.29, 1.82) is 0 Å². The molecule has 0 aromatic rings. The molecule has 0 bridgehead atoms. The Morgan fingerprint density at radius 3 is 2.70 bits per heavy atom. The summed E-state index contributed by atoms with van der Waals surface area (Å²) in [4.78, 5) is 0. The van der Waals surface area contributed by atoms with Crippen LogP contribution in [0.25, 0.3) is 0 Å². The molecule has 5 aliphatic rings. The van der Waals surface area contributed by atoms with Crippen LogP contribution in [-0.4, -0.2) is 22.7 Å². The van der Waals surface area contributed by atoms with Gasteiger partial charge in [-0.2, -0.15) is 11.8 Å². The zero-order chi connectivity index (χ0) is 20.6. The first-order valence-corrected chi connectivity index (χ1v) is 14.2. The second-order valence-electron chi connectivity index (χ2n) is 11.1. The first-order valence-electron chi connectivity index (χ1n) is 13.1. The Hall–Kier alpha value is -0.470. The standard InChI is InChI=1S/C28H42OS/c1-2-28(12-6-3-7-13-28)26-17-25(26)27(29)19-30-18-20-10-11-23-15-21-8-4-5-9-22(21)16-24(23)14-20/h9,14,16,21,23,25-27,29H,2-8,10-13,15,17-19H2,1H3. The highest BCUT2D eigenvalue weighted by Crippen LogP contribution is 2.60. The van der Waals surface area contributed by atoms with Crippen LogP contribution in [0.1, 0.15) is 90.4 Å². The van der Waals surface area contributed by atoms with E-state index in [1.165, 1.54) is 83.5 Å². The Labute approximate surface area is 188 Å². The monoisotopic (exact) mass is 426 g/mol.